The fraction of sp³-hybridized carbons (Fsp3) is 0.741. The minimum absolute atomic E-state index is 0.0379. The van der Waals surface area contributed by atoms with Gasteiger partial charge in [0, 0.05) is 37.5 Å². The number of hydrogen-bond acceptors (Lipinski definition) is 5. The molecule has 1 saturated carbocycles. The van der Waals surface area contributed by atoms with Crippen LogP contribution >= 0.6 is 0 Å². The number of nitrogens with zero attached hydrogens (tertiary/aromatic N) is 2. The molecule has 6 nitrogen and oxygen atoms in total. The first-order valence-corrected chi connectivity index (χ1v) is 18.1. The van der Waals surface area contributed by atoms with Gasteiger partial charge in [0.2, 0.25) is 6.43 Å². The Bertz CT molecular complexity index is 1050. The molecule has 0 bridgehead atoms. The monoisotopic (exact) mass is 556 g/mol. The molecule has 0 spiro atoms. The number of rotatable bonds is 13. The van der Waals surface area contributed by atoms with Crippen molar-refractivity contribution in [3.63, 3.8) is 0 Å². The van der Waals surface area contributed by atoms with E-state index in [0.717, 1.165) is 35.5 Å². The molecule has 0 aliphatic heterocycles. The number of halogens is 2. The average Bonchev–Trinajstić information content (AvgIpc) is 3.55. The standard InChI is InChI=1S/C27H46F2N4O2SSi/c1-26(2,3)36(34)32-21(16-27(4,5)25(28)29)24-31-20-12-11-19(23(30)18-9-10-18)15-22(20)33(24)17-35-13-14-37(6,7)8/h11-12,15,18,21,23,25,32H,9-10,13-14,16-17,30H2,1-8H3/t21-,23+,36+/m0/s1. The molecule has 0 unspecified atom stereocenters. The van der Waals surface area contributed by atoms with E-state index in [4.69, 9.17) is 15.5 Å². The second-order valence-corrected chi connectivity index (χ2v) is 21.0. The highest BCUT2D eigenvalue weighted by molar-refractivity contribution is 7.90. The van der Waals surface area contributed by atoms with Crippen LogP contribution in [0.4, 0.5) is 8.78 Å². The molecule has 1 fully saturated rings. The molecule has 1 aromatic carbocycles. The highest BCUT2D eigenvalue weighted by atomic mass is 32.2. The van der Waals surface area contributed by atoms with Crippen LogP contribution in [0.3, 0.4) is 0 Å². The van der Waals surface area contributed by atoms with Gasteiger partial charge in [0.15, 0.2) is 0 Å². The van der Waals surface area contributed by atoms with Crippen LogP contribution in [0.25, 0.3) is 11.0 Å². The summed E-state index contributed by atoms with van der Waals surface area (Å²) in [6.07, 6.45) is -0.193. The van der Waals surface area contributed by atoms with Gasteiger partial charge < -0.3 is 19.6 Å². The van der Waals surface area contributed by atoms with Crippen molar-refractivity contribution in [2.24, 2.45) is 17.1 Å². The summed E-state index contributed by atoms with van der Waals surface area (Å²) in [4.78, 5) is 4.89. The Kier molecular flexibility index (Phi) is 9.56. The zero-order valence-electron chi connectivity index (χ0n) is 23.7. The van der Waals surface area contributed by atoms with Crippen molar-refractivity contribution in [3.8, 4) is 0 Å². The summed E-state index contributed by atoms with van der Waals surface area (Å²) >= 11 is -1.48. The van der Waals surface area contributed by atoms with E-state index < -0.39 is 42.1 Å². The molecule has 1 aliphatic rings. The fourth-order valence-electron chi connectivity index (χ4n) is 4.14. The Labute approximate surface area is 225 Å². The van der Waals surface area contributed by atoms with Crippen LogP contribution in [-0.4, -0.2) is 40.0 Å². The summed E-state index contributed by atoms with van der Waals surface area (Å²) in [6, 6.07) is 6.34. The van der Waals surface area contributed by atoms with Crippen molar-refractivity contribution in [2.75, 3.05) is 6.61 Å². The molecule has 0 saturated heterocycles. The Hall–Kier alpha value is -1.04. The van der Waals surface area contributed by atoms with Gasteiger partial charge >= 0.3 is 0 Å². The minimum Gasteiger partial charge on any atom is -0.598 e. The van der Waals surface area contributed by atoms with E-state index in [0.29, 0.717) is 18.3 Å². The number of nitrogens with two attached hydrogens (primary N) is 1. The predicted octanol–water partition coefficient (Wildman–Crippen LogP) is 6.53. The molecule has 2 aromatic rings. The second kappa shape index (κ2) is 11.6. The third-order valence-electron chi connectivity index (χ3n) is 6.97. The summed E-state index contributed by atoms with van der Waals surface area (Å²) in [5.41, 5.74) is 7.86. The molecule has 3 atom stereocenters. The maximum absolute atomic E-state index is 14.0. The number of hydrogen-bond donors (Lipinski definition) is 2. The van der Waals surface area contributed by atoms with E-state index in [2.05, 4.69) is 30.4 Å². The smallest absolute Gasteiger partial charge is 0.243 e. The van der Waals surface area contributed by atoms with Gasteiger partial charge in [-0.1, -0.05) is 39.6 Å². The molecule has 37 heavy (non-hydrogen) atoms. The molecule has 1 heterocycles. The number of imidazole rings is 1. The topological polar surface area (TPSA) is 88.2 Å². The predicted molar refractivity (Wildman–Crippen MR) is 152 cm³/mol. The molecule has 210 valence electrons. The minimum atomic E-state index is -2.53. The lowest BCUT2D eigenvalue weighted by molar-refractivity contribution is 0.00725. The van der Waals surface area contributed by atoms with Crippen LogP contribution in [0.15, 0.2) is 18.2 Å². The second-order valence-electron chi connectivity index (χ2n) is 13.4. The van der Waals surface area contributed by atoms with E-state index in [-0.39, 0.29) is 19.2 Å². The molecule has 0 radical (unpaired) electrons. The van der Waals surface area contributed by atoms with Crippen LogP contribution in [0.1, 0.15) is 77.4 Å². The Balaban J connectivity index is 2.05. The highest BCUT2D eigenvalue weighted by Gasteiger charge is 2.39. The molecular formula is C27H46F2N4O2SSi. The molecule has 0 amide bonds. The molecular weight excluding hydrogens is 510 g/mol. The first kappa shape index (κ1) is 30.5. The third-order valence-corrected chi connectivity index (χ3v) is 10.3. The van der Waals surface area contributed by atoms with E-state index in [1.54, 1.807) is 0 Å². The zero-order valence-corrected chi connectivity index (χ0v) is 25.6. The normalized spacial score (nSPS) is 18.0. The average molecular weight is 557 g/mol. The highest BCUT2D eigenvalue weighted by Crippen LogP contribution is 2.41. The summed E-state index contributed by atoms with van der Waals surface area (Å²) in [6.45, 7) is 16.4. The van der Waals surface area contributed by atoms with E-state index in [1.807, 2.05) is 37.5 Å². The largest absolute Gasteiger partial charge is 0.598 e. The van der Waals surface area contributed by atoms with E-state index in [1.165, 1.54) is 13.8 Å². The van der Waals surface area contributed by atoms with Crippen molar-refractivity contribution in [1.82, 2.24) is 14.3 Å². The Morgan fingerprint density at radius 3 is 2.41 bits per heavy atom. The van der Waals surface area contributed by atoms with Crippen molar-refractivity contribution < 1.29 is 18.1 Å². The summed E-state index contributed by atoms with van der Waals surface area (Å²) < 4.78 is 51.8. The van der Waals surface area contributed by atoms with Gasteiger partial charge in [0.05, 0.1) is 11.0 Å². The molecule has 3 N–H and O–H groups in total. The molecule has 1 aromatic heterocycles. The first-order chi connectivity index (χ1) is 17.0. The molecule has 3 rings (SSSR count). The van der Waals surface area contributed by atoms with Crippen molar-refractivity contribution in [1.29, 1.82) is 0 Å². The molecule has 1 aliphatic carbocycles. The van der Waals surface area contributed by atoms with Gasteiger partial charge in [0.25, 0.3) is 0 Å². The van der Waals surface area contributed by atoms with Crippen LogP contribution in [-0.2, 0) is 22.8 Å². The number of fused-ring (bicyclic) bond motifs is 1. The molecule has 10 heteroatoms. The van der Waals surface area contributed by atoms with Crippen molar-refractivity contribution in [2.45, 2.75) is 110 Å². The van der Waals surface area contributed by atoms with Crippen LogP contribution in [0, 0.1) is 11.3 Å². The number of nitrogens with one attached hydrogen (secondary N) is 1. The SMILES string of the molecule is CC(C)(C[C@H](N[S@+]([O-])C(C)(C)C)c1nc2ccc([C@H](N)C3CC3)cc2n1COCC[Si](C)(C)C)C(F)F. The number of benzene rings is 1. The summed E-state index contributed by atoms with van der Waals surface area (Å²) in [5.74, 6) is 1.06. The maximum Gasteiger partial charge on any atom is 0.243 e. The van der Waals surface area contributed by atoms with Gasteiger partial charge in [-0.2, -0.15) is 0 Å². The van der Waals surface area contributed by atoms with Crippen molar-refractivity contribution >= 4 is 30.5 Å². The third kappa shape index (κ3) is 8.22. The lowest BCUT2D eigenvalue weighted by Crippen LogP contribution is -2.43. The van der Waals surface area contributed by atoms with Crippen molar-refractivity contribution in [3.05, 3.63) is 29.6 Å². The van der Waals surface area contributed by atoms with E-state index >= 15 is 0 Å². The van der Waals surface area contributed by atoms with Gasteiger partial charge in [-0.15, -0.1) is 4.72 Å². The lowest BCUT2D eigenvalue weighted by Gasteiger charge is -2.32. The van der Waals surface area contributed by atoms with E-state index in [9.17, 15) is 13.3 Å². The van der Waals surface area contributed by atoms with Gasteiger partial charge in [-0.05, 0) is 69.7 Å². The van der Waals surface area contributed by atoms with Crippen LogP contribution in [0.2, 0.25) is 25.7 Å². The van der Waals surface area contributed by atoms with Gasteiger partial charge in [-0.3, -0.25) is 0 Å². The number of alkyl halides is 2. The maximum atomic E-state index is 14.0. The number of ether oxygens (including phenoxy) is 1. The first-order valence-electron chi connectivity index (χ1n) is 13.3. The van der Waals surface area contributed by atoms with Crippen LogP contribution in [0.5, 0.6) is 0 Å². The quantitative estimate of drug-likeness (QED) is 0.166. The Morgan fingerprint density at radius 2 is 1.86 bits per heavy atom. The summed E-state index contributed by atoms with van der Waals surface area (Å²) in [7, 11) is -1.29. The van der Waals surface area contributed by atoms with Gasteiger partial charge in [0.1, 0.15) is 23.3 Å². The summed E-state index contributed by atoms with van der Waals surface area (Å²) in [5, 5.41) is 0. The Morgan fingerprint density at radius 1 is 1.22 bits per heavy atom. The van der Waals surface area contributed by atoms with Crippen LogP contribution < -0.4 is 10.5 Å². The zero-order chi connectivity index (χ0) is 27.8. The lowest BCUT2D eigenvalue weighted by atomic mass is 9.86. The van der Waals surface area contributed by atoms with Gasteiger partial charge in [-0.25, -0.2) is 13.8 Å². The fourth-order valence-corrected chi connectivity index (χ4v) is 5.69. The number of aromatic nitrogens is 2.